The summed E-state index contributed by atoms with van der Waals surface area (Å²) in [6, 6.07) is 8.71. The number of nitrogens with zero attached hydrogens (tertiary/aromatic N) is 3. The average molecular weight is 408 g/mol. The molecule has 26 heavy (non-hydrogen) atoms. The van der Waals surface area contributed by atoms with Crippen LogP contribution in [-0.4, -0.2) is 45.9 Å². The Hall–Kier alpha value is -1.94. The smallest absolute Gasteiger partial charge is 0.339 e. The second kappa shape index (κ2) is 8.17. The van der Waals surface area contributed by atoms with Crippen LogP contribution in [0.5, 0.6) is 0 Å². The van der Waals surface area contributed by atoms with E-state index in [-0.39, 0.29) is 6.54 Å². The highest BCUT2D eigenvalue weighted by Gasteiger charge is 2.45. The van der Waals surface area contributed by atoms with Crippen molar-refractivity contribution in [3.63, 3.8) is 0 Å². The first-order valence-corrected chi connectivity index (χ1v) is 9.67. The Balaban J connectivity index is 1.90. The molecule has 0 bridgehead atoms. The number of allylic oxidation sites excluding steroid dienone is 2. The number of hydrogen-bond acceptors (Lipinski definition) is 5. The standard InChI is InChI=1S/C18H15Cl2N3O2S/c19-14-7-4-8-18(15(14)20,11-23-9-10-26-17(23)22-12-21)25-16(24)13-5-2-1-3-6-13/h1-8,15H,9-11H2. The van der Waals surface area contributed by atoms with E-state index in [9.17, 15) is 4.79 Å². The van der Waals surface area contributed by atoms with Crippen molar-refractivity contribution in [1.29, 1.82) is 5.26 Å². The molecule has 0 aromatic heterocycles. The topological polar surface area (TPSA) is 65.7 Å². The number of aliphatic imine (C=N–C) groups is 1. The zero-order chi connectivity index (χ0) is 18.6. The highest BCUT2D eigenvalue weighted by atomic mass is 35.5. The lowest BCUT2D eigenvalue weighted by Gasteiger charge is -2.39. The first-order chi connectivity index (χ1) is 12.6. The van der Waals surface area contributed by atoms with Gasteiger partial charge in [-0.3, -0.25) is 0 Å². The van der Waals surface area contributed by atoms with Crippen molar-refractivity contribution in [2.75, 3.05) is 18.8 Å². The second-order valence-corrected chi connectivity index (χ2v) is 7.68. The van der Waals surface area contributed by atoms with E-state index in [1.807, 2.05) is 11.0 Å². The molecule has 134 valence electrons. The van der Waals surface area contributed by atoms with Gasteiger partial charge in [-0.1, -0.05) is 47.6 Å². The number of esters is 1. The molecule has 3 rings (SSSR count). The Kier molecular flexibility index (Phi) is 5.92. The minimum Gasteiger partial charge on any atom is -0.447 e. The van der Waals surface area contributed by atoms with Gasteiger partial charge in [-0.25, -0.2) is 4.79 Å². The molecule has 2 atom stereocenters. The van der Waals surface area contributed by atoms with E-state index in [0.717, 1.165) is 5.75 Å². The van der Waals surface area contributed by atoms with Crippen LogP contribution in [0.1, 0.15) is 10.4 Å². The van der Waals surface area contributed by atoms with Crippen molar-refractivity contribution in [3.05, 3.63) is 59.2 Å². The minimum atomic E-state index is -1.17. The quantitative estimate of drug-likeness (QED) is 0.431. The van der Waals surface area contributed by atoms with Crippen LogP contribution in [0.15, 0.2) is 58.6 Å². The van der Waals surface area contributed by atoms with Crippen LogP contribution in [0.2, 0.25) is 0 Å². The summed E-state index contributed by atoms with van der Waals surface area (Å²) in [5.74, 6) is 0.307. The van der Waals surface area contributed by atoms with Crippen LogP contribution >= 0.6 is 35.0 Å². The average Bonchev–Trinajstić information content (AvgIpc) is 3.07. The van der Waals surface area contributed by atoms with E-state index in [0.29, 0.717) is 22.3 Å². The number of halogens is 2. The lowest BCUT2D eigenvalue weighted by Crippen LogP contribution is -2.52. The van der Waals surface area contributed by atoms with Gasteiger partial charge >= 0.3 is 5.97 Å². The van der Waals surface area contributed by atoms with Gasteiger partial charge in [0.05, 0.1) is 12.1 Å². The van der Waals surface area contributed by atoms with Gasteiger partial charge in [0, 0.05) is 17.3 Å². The van der Waals surface area contributed by atoms with Crippen LogP contribution in [0, 0.1) is 11.5 Å². The van der Waals surface area contributed by atoms with Crippen LogP contribution in [0.4, 0.5) is 0 Å². The highest BCUT2D eigenvalue weighted by Crippen LogP contribution is 2.37. The molecule has 0 saturated carbocycles. The summed E-state index contributed by atoms with van der Waals surface area (Å²) in [6.45, 7) is 0.933. The van der Waals surface area contributed by atoms with Gasteiger partial charge in [-0.05, 0) is 24.3 Å². The summed E-state index contributed by atoms with van der Waals surface area (Å²) in [4.78, 5) is 18.4. The maximum Gasteiger partial charge on any atom is 0.339 e. The zero-order valence-corrected chi connectivity index (χ0v) is 16.0. The number of nitriles is 1. The van der Waals surface area contributed by atoms with E-state index >= 15 is 0 Å². The van der Waals surface area contributed by atoms with Gasteiger partial charge in [0.1, 0.15) is 5.38 Å². The largest absolute Gasteiger partial charge is 0.447 e. The fourth-order valence-electron chi connectivity index (χ4n) is 2.79. The Bertz CT molecular complexity index is 819. The van der Waals surface area contributed by atoms with Crippen LogP contribution in [-0.2, 0) is 4.74 Å². The molecule has 2 aliphatic rings. The Labute approximate surface area is 165 Å². The molecule has 1 aromatic carbocycles. The van der Waals surface area contributed by atoms with Crippen molar-refractivity contribution in [1.82, 2.24) is 4.90 Å². The third-order valence-corrected chi connectivity index (χ3v) is 6.10. The molecule has 0 radical (unpaired) electrons. The predicted octanol–water partition coefficient (Wildman–Crippen LogP) is 3.77. The predicted molar refractivity (Wildman–Crippen MR) is 104 cm³/mol. The number of amidine groups is 1. The summed E-state index contributed by atoms with van der Waals surface area (Å²) in [7, 11) is 0. The number of thioether (sulfide) groups is 1. The van der Waals surface area contributed by atoms with Gasteiger partial charge in [-0.2, -0.15) is 5.26 Å². The maximum atomic E-state index is 12.7. The summed E-state index contributed by atoms with van der Waals surface area (Å²) < 4.78 is 5.86. The molecule has 0 amide bonds. The van der Waals surface area contributed by atoms with Gasteiger partial charge in [0.2, 0.25) is 6.19 Å². The van der Waals surface area contributed by atoms with Crippen molar-refractivity contribution in [3.8, 4) is 6.19 Å². The number of alkyl halides is 1. The number of ether oxygens (including phenoxy) is 1. The zero-order valence-electron chi connectivity index (χ0n) is 13.6. The molecule has 5 nitrogen and oxygen atoms in total. The lowest BCUT2D eigenvalue weighted by atomic mass is 9.93. The summed E-state index contributed by atoms with van der Waals surface area (Å²) >= 11 is 14.3. The molecule has 1 aliphatic carbocycles. The molecule has 2 unspecified atom stereocenters. The normalized spacial score (nSPS) is 26.5. The second-order valence-electron chi connectivity index (χ2n) is 5.75. The fraction of sp³-hybridized carbons (Fsp3) is 0.278. The Morgan fingerprint density at radius 2 is 2.23 bits per heavy atom. The molecule has 1 saturated heterocycles. The molecule has 1 aliphatic heterocycles. The number of rotatable bonds is 4. The van der Waals surface area contributed by atoms with E-state index in [1.54, 1.807) is 48.7 Å². The molecular weight excluding hydrogens is 393 g/mol. The van der Waals surface area contributed by atoms with E-state index < -0.39 is 16.9 Å². The van der Waals surface area contributed by atoms with Crippen LogP contribution < -0.4 is 0 Å². The number of carbonyl (C=O) groups is 1. The van der Waals surface area contributed by atoms with Crippen molar-refractivity contribution < 1.29 is 9.53 Å². The molecule has 8 heteroatoms. The van der Waals surface area contributed by atoms with Crippen LogP contribution in [0.3, 0.4) is 0 Å². The SMILES string of the molecule is N#CN=C1SCCN1CC1(OC(=O)c2ccccc2)C=CC=C(Cl)C1Cl. The monoisotopic (exact) mass is 407 g/mol. The third-order valence-electron chi connectivity index (χ3n) is 4.04. The minimum absolute atomic E-state index is 0.258. The van der Waals surface area contributed by atoms with Crippen LogP contribution in [0.25, 0.3) is 0 Å². The number of carbonyl (C=O) groups excluding carboxylic acids is 1. The molecular formula is C18H15Cl2N3O2S. The molecule has 1 aromatic rings. The van der Waals surface area contributed by atoms with Gasteiger partial charge in [0.15, 0.2) is 10.8 Å². The van der Waals surface area contributed by atoms with Gasteiger partial charge in [-0.15, -0.1) is 16.6 Å². The Morgan fingerprint density at radius 3 is 2.96 bits per heavy atom. The molecule has 0 spiro atoms. The first kappa shape index (κ1) is 18.8. The summed E-state index contributed by atoms with van der Waals surface area (Å²) in [5, 5.41) is 9.11. The van der Waals surface area contributed by atoms with Crippen molar-refractivity contribution in [2.45, 2.75) is 11.0 Å². The maximum absolute atomic E-state index is 12.7. The van der Waals surface area contributed by atoms with Gasteiger partial charge in [0.25, 0.3) is 0 Å². The number of benzene rings is 1. The molecule has 1 fully saturated rings. The van der Waals surface area contributed by atoms with Gasteiger partial charge < -0.3 is 9.64 Å². The van der Waals surface area contributed by atoms with Crippen molar-refractivity contribution >= 4 is 46.1 Å². The first-order valence-electron chi connectivity index (χ1n) is 7.87. The summed E-state index contributed by atoms with van der Waals surface area (Å²) in [6.07, 6.45) is 6.95. The third kappa shape index (κ3) is 3.90. The fourth-order valence-corrected chi connectivity index (χ4v) is 4.24. The highest BCUT2D eigenvalue weighted by molar-refractivity contribution is 8.14. The lowest BCUT2D eigenvalue weighted by molar-refractivity contribution is -0.00138. The Morgan fingerprint density at radius 1 is 1.46 bits per heavy atom. The van der Waals surface area contributed by atoms with Crippen molar-refractivity contribution in [2.24, 2.45) is 4.99 Å². The molecule has 1 heterocycles. The van der Waals surface area contributed by atoms with E-state index in [1.165, 1.54) is 11.8 Å². The van der Waals surface area contributed by atoms with E-state index in [2.05, 4.69) is 4.99 Å². The molecule has 0 N–H and O–H groups in total. The summed E-state index contributed by atoms with van der Waals surface area (Å²) in [5.41, 5.74) is -0.738. The van der Waals surface area contributed by atoms with E-state index in [4.69, 9.17) is 33.2 Å². The number of hydrogen-bond donors (Lipinski definition) is 0.